The van der Waals surface area contributed by atoms with E-state index in [4.69, 9.17) is 0 Å². The smallest absolute Gasteiger partial charge is 0.270 e. The van der Waals surface area contributed by atoms with E-state index in [9.17, 15) is 14.4 Å². The van der Waals surface area contributed by atoms with Crippen LogP contribution in [-0.2, 0) is 11.8 Å². The largest absolute Gasteiger partial charge is 0.350 e. The van der Waals surface area contributed by atoms with Crippen LogP contribution < -0.4 is 16.2 Å². The molecular weight excluding hydrogens is 404 g/mol. The Morgan fingerprint density at radius 1 is 0.875 bits per heavy atom. The number of nitrogens with zero attached hydrogens (tertiary/aromatic N) is 1. The average molecular weight is 433 g/mol. The number of nitrogens with one attached hydrogen (secondary N) is 3. The minimum Gasteiger partial charge on any atom is -0.350 e. The molecular formula is C25H28N4O3. The summed E-state index contributed by atoms with van der Waals surface area (Å²) in [7, 11) is 1.85. The maximum atomic E-state index is 12.6. The van der Waals surface area contributed by atoms with Crippen LogP contribution in [0.2, 0.25) is 0 Å². The monoisotopic (exact) mass is 432 g/mol. The van der Waals surface area contributed by atoms with Crippen molar-refractivity contribution in [2.75, 3.05) is 6.54 Å². The van der Waals surface area contributed by atoms with Gasteiger partial charge in [0.25, 0.3) is 11.8 Å². The van der Waals surface area contributed by atoms with Gasteiger partial charge in [-0.3, -0.25) is 25.2 Å². The average Bonchev–Trinajstić information content (AvgIpc) is 3.26. The molecule has 3 N–H and O–H groups in total. The third-order valence-corrected chi connectivity index (χ3v) is 6.28. The summed E-state index contributed by atoms with van der Waals surface area (Å²) in [4.78, 5) is 37.4. The van der Waals surface area contributed by atoms with Crippen molar-refractivity contribution in [1.29, 1.82) is 0 Å². The molecule has 1 heterocycles. The second kappa shape index (κ2) is 9.68. The predicted molar refractivity (Wildman–Crippen MR) is 123 cm³/mol. The van der Waals surface area contributed by atoms with Crippen LogP contribution in [0.3, 0.4) is 0 Å². The number of fused-ring (bicyclic) bond motifs is 1. The number of hydrazine groups is 1. The molecule has 1 fully saturated rings. The third kappa shape index (κ3) is 4.82. The molecule has 1 aliphatic rings. The first-order valence-electron chi connectivity index (χ1n) is 11.0. The zero-order valence-corrected chi connectivity index (χ0v) is 18.1. The van der Waals surface area contributed by atoms with Crippen LogP contribution in [0.25, 0.3) is 10.8 Å². The third-order valence-electron chi connectivity index (χ3n) is 6.28. The Kier molecular flexibility index (Phi) is 6.54. The molecule has 0 aliphatic heterocycles. The molecule has 0 radical (unpaired) electrons. The lowest BCUT2D eigenvalue weighted by molar-refractivity contribution is -0.127. The lowest BCUT2D eigenvalue weighted by Crippen LogP contribution is -2.45. The van der Waals surface area contributed by atoms with Gasteiger partial charge in [-0.05, 0) is 60.6 Å². The minimum atomic E-state index is -0.327. The zero-order chi connectivity index (χ0) is 22.5. The molecule has 1 aromatic heterocycles. The summed E-state index contributed by atoms with van der Waals surface area (Å²) in [6, 6.07) is 16.8. The molecule has 166 valence electrons. The fourth-order valence-corrected chi connectivity index (χ4v) is 4.36. The number of benzene rings is 2. The fourth-order valence-electron chi connectivity index (χ4n) is 4.36. The second-order valence-electron chi connectivity index (χ2n) is 8.40. The van der Waals surface area contributed by atoms with E-state index in [0.29, 0.717) is 23.7 Å². The van der Waals surface area contributed by atoms with Gasteiger partial charge < -0.3 is 9.88 Å². The van der Waals surface area contributed by atoms with Gasteiger partial charge in [0.2, 0.25) is 5.91 Å². The van der Waals surface area contributed by atoms with Crippen LogP contribution in [0.1, 0.15) is 46.5 Å². The van der Waals surface area contributed by atoms with Crippen LogP contribution in [0, 0.1) is 11.8 Å². The Balaban J connectivity index is 1.23. The molecule has 7 heteroatoms. The van der Waals surface area contributed by atoms with Gasteiger partial charge >= 0.3 is 0 Å². The number of carbonyl (C=O) groups is 3. The Bertz CT molecular complexity index is 1120. The highest BCUT2D eigenvalue weighted by Gasteiger charge is 2.27. The number of amides is 3. The highest BCUT2D eigenvalue weighted by atomic mass is 16.2. The van der Waals surface area contributed by atoms with Crippen LogP contribution in [0.15, 0.2) is 60.8 Å². The van der Waals surface area contributed by atoms with E-state index in [0.717, 1.165) is 36.5 Å². The van der Waals surface area contributed by atoms with Crippen molar-refractivity contribution in [1.82, 2.24) is 20.7 Å². The van der Waals surface area contributed by atoms with E-state index in [-0.39, 0.29) is 23.6 Å². The highest BCUT2D eigenvalue weighted by Crippen LogP contribution is 2.28. The molecule has 1 aliphatic carbocycles. The number of hydrogen-bond acceptors (Lipinski definition) is 3. The summed E-state index contributed by atoms with van der Waals surface area (Å²) < 4.78 is 1.79. The number of aromatic nitrogens is 1. The fraction of sp³-hybridized carbons (Fsp3) is 0.320. The van der Waals surface area contributed by atoms with Crippen molar-refractivity contribution < 1.29 is 14.4 Å². The Labute approximate surface area is 187 Å². The molecule has 0 bridgehead atoms. The lowest BCUT2D eigenvalue weighted by Gasteiger charge is -2.28. The van der Waals surface area contributed by atoms with Crippen molar-refractivity contribution in [2.24, 2.45) is 18.9 Å². The molecule has 0 saturated heterocycles. The zero-order valence-electron chi connectivity index (χ0n) is 18.1. The molecule has 3 amide bonds. The number of aryl methyl sites for hydroxylation is 1. The van der Waals surface area contributed by atoms with Crippen molar-refractivity contribution in [3.8, 4) is 0 Å². The molecule has 4 rings (SSSR count). The molecule has 3 aromatic rings. The topological polar surface area (TPSA) is 92.2 Å². The Morgan fingerprint density at radius 2 is 1.62 bits per heavy atom. The maximum absolute atomic E-state index is 12.6. The van der Waals surface area contributed by atoms with Crippen LogP contribution in [0.5, 0.6) is 0 Å². The van der Waals surface area contributed by atoms with E-state index < -0.39 is 0 Å². The molecule has 1 saturated carbocycles. The van der Waals surface area contributed by atoms with Gasteiger partial charge in [-0.2, -0.15) is 0 Å². The molecule has 0 unspecified atom stereocenters. The van der Waals surface area contributed by atoms with E-state index in [1.54, 1.807) is 16.7 Å². The van der Waals surface area contributed by atoms with Crippen LogP contribution >= 0.6 is 0 Å². The molecule has 32 heavy (non-hydrogen) atoms. The van der Waals surface area contributed by atoms with Crippen molar-refractivity contribution in [2.45, 2.75) is 25.7 Å². The minimum absolute atomic E-state index is 0.0754. The van der Waals surface area contributed by atoms with Gasteiger partial charge in [0.1, 0.15) is 5.69 Å². The van der Waals surface area contributed by atoms with Crippen LogP contribution in [0.4, 0.5) is 0 Å². The molecule has 0 spiro atoms. The van der Waals surface area contributed by atoms with Crippen molar-refractivity contribution in [3.63, 3.8) is 0 Å². The Morgan fingerprint density at radius 3 is 2.38 bits per heavy atom. The normalized spacial score (nSPS) is 18.2. The highest BCUT2D eigenvalue weighted by molar-refractivity contribution is 6.07. The van der Waals surface area contributed by atoms with Gasteiger partial charge in [-0.15, -0.1) is 0 Å². The van der Waals surface area contributed by atoms with E-state index in [1.807, 2.05) is 55.7 Å². The summed E-state index contributed by atoms with van der Waals surface area (Å²) in [6.07, 6.45) is 5.05. The van der Waals surface area contributed by atoms with Crippen molar-refractivity contribution in [3.05, 3.63) is 72.1 Å². The first-order valence-corrected chi connectivity index (χ1v) is 11.0. The SMILES string of the molecule is Cn1cccc1C(=O)NCC1CCC(C(=O)NNC(=O)c2cccc3ccccc23)CC1. The van der Waals surface area contributed by atoms with Crippen molar-refractivity contribution >= 4 is 28.5 Å². The molecule has 0 atom stereocenters. The van der Waals surface area contributed by atoms with E-state index >= 15 is 0 Å². The van der Waals surface area contributed by atoms with Gasteiger partial charge in [0.15, 0.2) is 0 Å². The molecule has 7 nitrogen and oxygen atoms in total. The predicted octanol–water partition coefficient (Wildman–Crippen LogP) is 3.18. The first-order chi connectivity index (χ1) is 15.5. The quantitative estimate of drug-likeness (QED) is 0.541. The standard InChI is InChI=1S/C25H28N4O3/c1-29-15-5-10-22(29)25(32)26-16-17-11-13-19(14-12-17)23(30)27-28-24(31)21-9-4-7-18-6-2-3-8-20(18)21/h2-10,15,17,19H,11-14,16H2,1H3,(H,26,32)(H,27,30)(H,28,31). The summed E-state index contributed by atoms with van der Waals surface area (Å²) in [5.41, 5.74) is 6.32. The van der Waals surface area contributed by atoms with Gasteiger partial charge in [0.05, 0.1) is 0 Å². The number of rotatable bonds is 5. The van der Waals surface area contributed by atoms with Gasteiger partial charge in [0, 0.05) is 31.3 Å². The van der Waals surface area contributed by atoms with E-state index in [1.165, 1.54) is 0 Å². The lowest BCUT2D eigenvalue weighted by atomic mass is 9.81. The van der Waals surface area contributed by atoms with Gasteiger partial charge in [-0.1, -0.05) is 36.4 Å². The number of hydrogen-bond donors (Lipinski definition) is 3. The van der Waals surface area contributed by atoms with Crippen LogP contribution in [-0.4, -0.2) is 28.8 Å². The Hall–Kier alpha value is -3.61. The summed E-state index contributed by atoms with van der Waals surface area (Å²) in [5, 5.41) is 4.82. The van der Waals surface area contributed by atoms with Gasteiger partial charge in [-0.25, -0.2) is 0 Å². The first kappa shape index (κ1) is 21.6. The number of carbonyl (C=O) groups excluding carboxylic acids is 3. The second-order valence-corrected chi connectivity index (χ2v) is 8.40. The van der Waals surface area contributed by atoms with E-state index in [2.05, 4.69) is 16.2 Å². The maximum Gasteiger partial charge on any atom is 0.270 e. The molecule has 2 aromatic carbocycles. The summed E-state index contributed by atoms with van der Waals surface area (Å²) in [5.74, 6) is -0.346. The summed E-state index contributed by atoms with van der Waals surface area (Å²) in [6.45, 7) is 0.607. The summed E-state index contributed by atoms with van der Waals surface area (Å²) >= 11 is 0.